The Bertz CT molecular complexity index is 1740. The Kier molecular flexibility index (Phi) is 11.3. The maximum atomic E-state index is 13.0. The largest absolute Gasteiger partial charge is 0.496 e. The van der Waals surface area contributed by atoms with Crippen molar-refractivity contribution < 1.29 is 28.5 Å². The number of hydrazone groups is 1. The summed E-state index contributed by atoms with van der Waals surface area (Å²) in [4.78, 5) is 27.9. The number of fused-ring (bicyclic) bond motifs is 1. The first-order valence-electron chi connectivity index (χ1n) is 15.0. The van der Waals surface area contributed by atoms with Gasteiger partial charge in [0.2, 0.25) is 5.13 Å². The van der Waals surface area contributed by atoms with Crippen LogP contribution in [-0.4, -0.2) is 44.0 Å². The summed E-state index contributed by atoms with van der Waals surface area (Å²) in [6.45, 7) is 3.52. The Morgan fingerprint density at radius 1 is 0.891 bits per heavy atom. The fraction of sp³-hybridized carbons (Fsp3) is 0.222. The average Bonchev–Trinajstić information content (AvgIpc) is 3.51. The summed E-state index contributed by atoms with van der Waals surface area (Å²) in [5.41, 5.74) is 3.92. The number of aromatic nitrogens is 1. The van der Waals surface area contributed by atoms with E-state index < -0.39 is 5.97 Å². The highest BCUT2D eigenvalue weighted by atomic mass is 32.1. The molecule has 0 aliphatic rings. The lowest BCUT2D eigenvalue weighted by Gasteiger charge is -2.16. The number of carbonyl (C=O) groups excluding carboxylic acids is 2. The van der Waals surface area contributed by atoms with Gasteiger partial charge in [0.1, 0.15) is 17.2 Å². The Morgan fingerprint density at radius 2 is 1.63 bits per heavy atom. The first kappa shape index (κ1) is 32.2. The first-order chi connectivity index (χ1) is 22.5. The number of benzene rings is 4. The molecule has 46 heavy (non-hydrogen) atoms. The van der Waals surface area contributed by atoms with Gasteiger partial charge in [0, 0.05) is 5.56 Å². The van der Waals surface area contributed by atoms with Crippen LogP contribution in [0.5, 0.6) is 17.2 Å². The second-order valence-electron chi connectivity index (χ2n) is 10.4. The summed E-state index contributed by atoms with van der Waals surface area (Å²) >= 11 is 1.55. The van der Waals surface area contributed by atoms with Gasteiger partial charge in [-0.15, -0.1) is 0 Å². The molecule has 4 aromatic carbocycles. The van der Waals surface area contributed by atoms with Gasteiger partial charge in [-0.05, 0) is 99.3 Å². The molecule has 5 rings (SSSR count). The van der Waals surface area contributed by atoms with Crippen LogP contribution in [0.25, 0.3) is 10.2 Å². The summed E-state index contributed by atoms with van der Waals surface area (Å²) in [7, 11) is 1.58. The van der Waals surface area contributed by atoms with Crippen LogP contribution in [0.2, 0.25) is 0 Å². The van der Waals surface area contributed by atoms with Gasteiger partial charge in [-0.2, -0.15) is 5.10 Å². The standard InChI is InChI=1S/C36H35N3O6S/c1-26-11-15-29(16-12-26)39(36-38-32-9-5-6-10-34(32)46-36)37-24-28-23-31(19-20-33(28)42-2)45-35(41)27-13-17-30(18-14-27)44-22-8-4-3-7-21-43-25-40/h5-6,9-20,23-25H,3-4,7-8,21-22H2,1-2H3/b37-24+. The third kappa shape index (κ3) is 8.70. The smallest absolute Gasteiger partial charge is 0.343 e. The Hall–Kier alpha value is -5.22. The predicted octanol–water partition coefficient (Wildman–Crippen LogP) is 8.12. The van der Waals surface area contributed by atoms with Crippen LogP contribution in [0.3, 0.4) is 0 Å². The second kappa shape index (κ2) is 16.2. The monoisotopic (exact) mass is 637 g/mol. The van der Waals surface area contributed by atoms with Gasteiger partial charge in [-0.1, -0.05) is 41.2 Å². The van der Waals surface area contributed by atoms with E-state index in [4.69, 9.17) is 29.0 Å². The maximum Gasteiger partial charge on any atom is 0.343 e. The van der Waals surface area contributed by atoms with E-state index in [1.165, 1.54) is 0 Å². The molecule has 1 aromatic heterocycles. The second-order valence-corrected chi connectivity index (χ2v) is 11.4. The first-order valence-corrected chi connectivity index (χ1v) is 15.8. The van der Waals surface area contributed by atoms with Gasteiger partial charge >= 0.3 is 5.97 Å². The van der Waals surface area contributed by atoms with Gasteiger partial charge in [0.25, 0.3) is 6.47 Å². The molecule has 0 bridgehead atoms. The van der Waals surface area contributed by atoms with Crippen molar-refractivity contribution in [2.75, 3.05) is 25.3 Å². The molecule has 0 radical (unpaired) electrons. The van der Waals surface area contributed by atoms with Crippen LogP contribution in [0, 0.1) is 6.92 Å². The molecule has 0 unspecified atom stereocenters. The molecule has 0 atom stereocenters. The highest BCUT2D eigenvalue weighted by Crippen LogP contribution is 2.34. The number of nitrogens with zero attached hydrogens (tertiary/aromatic N) is 3. The fourth-order valence-corrected chi connectivity index (χ4v) is 5.54. The number of para-hydroxylation sites is 1. The van der Waals surface area contributed by atoms with E-state index in [1.807, 2.05) is 55.5 Å². The van der Waals surface area contributed by atoms with E-state index >= 15 is 0 Å². The van der Waals surface area contributed by atoms with Crippen LogP contribution in [0.4, 0.5) is 10.8 Å². The highest BCUT2D eigenvalue weighted by Gasteiger charge is 2.15. The number of carbonyl (C=O) groups is 2. The minimum Gasteiger partial charge on any atom is -0.496 e. The van der Waals surface area contributed by atoms with Gasteiger partial charge in [-0.25, -0.2) is 14.8 Å². The average molecular weight is 638 g/mol. The molecule has 9 nitrogen and oxygen atoms in total. The van der Waals surface area contributed by atoms with Crippen molar-refractivity contribution in [1.82, 2.24) is 4.98 Å². The van der Waals surface area contributed by atoms with E-state index in [0.29, 0.717) is 48.1 Å². The Balaban J connectivity index is 1.26. The Labute approximate surface area is 272 Å². The molecule has 0 saturated heterocycles. The molecule has 0 saturated carbocycles. The third-order valence-corrected chi connectivity index (χ3v) is 8.06. The highest BCUT2D eigenvalue weighted by molar-refractivity contribution is 7.22. The zero-order valence-corrected chi connectivity index (χ0v) is 26.6. The Morgan fingerprint density at radius 3 is 2.37 bits per heavy atom. The van der Waals surface area contributed by atoms with E-state index in [2.05, 4.69) is 0 Å². The zero-order valence-electron chi connectivity index (χ0n) is 25.8. The van der Waals surface area contributed by atoms with Gasteiger partial charge in [0.15, 0.2) is 0 Å². The lowest BCUT2D eigenvalue weighted by atomic mass is 10.2. The molecule has 0 N–H and O–H groups in total. The van der Waals surface area contributed by atoms with Crippen LogP contribution in [0.1, 0.15) is 47.2 Å². The van der Waals surface area contributed by atoms with Crippen molar-refractivity contribution in [1.29, 1.82) is 0 Å². The maximum absolute atomic E-state index is 13.0. The summed E-state index contributed by atoms with van der Waals surface area (Å²) in [5, 5.41) is 7.32. The number of unbranched alkanes of at least 4 members (excludes halogenated alkanes) is 3. The summed E-state index contributed by atoms with van der Waals surface area (Å²) in [6.07, 6.45) is 5.35. The van der Waals surface area contributed by atoms with E-state index in [0.717, 1.165) is 52.3 Å². The van der Waals surface area contributed by atoms with E-state index in [-0.39, 0.29) is 0 Å². The van der Waals surface area contributed by atoms with E-state index in [9.17, 15) is 9.59 Å². The molecule has 5 aromatic rings. The lowest BCUT2D eigenvalue weighted by molar-refractivity contribution is -0.128. The zero-order chi connectivity index (χ0) is 32.1. The van der Waals surface area contributed by atoms with Gasteiger partial charge < -0.3 is 18.9 Å². The molecule has 236 valence electrons. The molecule has 1 heterocycles. The number of methoxy groups -OCH3 is 1. The molecule has 0 spiro atoms. The molecule has 10 heteroatoms. The predicted molar refractivity (Wildman–Crippen MR) is 181 cm³/mol. The lowest BCUT2D eigenvalue weighted by Crippen LogP contribution is -2.10. The van der Waals surface area contributed by atoms with Crippen LogP contribution >= 0.6 is 11.3 Å². The topological polar surface area (TPSA) is 99.5 Å². The number of esters is 1. The quantitative estimate of drug-likeness (QED) is 0.0267. The minimum absolute atomic E-state index is 0.355. The van der Waals surface area contributed by atoms with E-state index in [1.54, 1.807) is 72.1 Å². The van der Waals surface area contributed by atoms with Crippen molar-refractivity contribution >= 4 is 51.0 Å². The minimum atomic E-state index is -0.493. The SMILES string of the molecule is COc1ccc(OC(=O)c2ccc(OCCCCCCOC=O)cc2)cc1/C=N/N(c1ccc(C)cc1)c1nc2ccccc2s1. The van der Waals surface area contributed by atoms with Gasteiger partial charge in [-0.3, -0.25) is 4.79 Å². The third-order valence-electron chi connectivity index (χ3n) is 7.05. The number of hydrogen-bond acceptors (Lipinski definition) is 10. The fourth-order valence-electron chi connectivity index (χ4n) is 4.59. The summed E-state index contributed by atoms with van der Waals surface area (Å²) in [5.74, 6) is 1.11. The van der Waals surface area contributed by atoms with Crippen LogP contribution in [0.15, 0.2) is 96.1 Å². The summed E-state index contributed by atoms with van der Waals surface area (Å²) < 4.78 is 22.8. The molecule has 0 aliphatic heterocycles. The molecular weight excluding hydrogens is 602 g/mol. The molecule has 0 fully saturated rings. The molecular formula is C36H35N3O6S. The van der Waals surface area contributed by atoms with Crippen molar-refractivity contribution in [2.45, 2.75) is 32.6 Å². The van der Waals surface area contributed by atoms with Crippen LogP contribution in [-0.2, 0) is 9.53 Å². The van der Waals surface area contributed by atoms with Crippen molar-refractivity contribution in [2.24, 2.45) is 5.10 Å². The van der Waals surface area contributed by atoms with Crippen molar-refractivity contribution in [3.8, 4) is 17.2 Å². The van der Waals surface area contributed by atoms with Crippen LogP contribution < -0.4 is 19.2 Å². The normalized spacial score (nSPS) is 11.0. The molecule has 0 amide bonds. The summed E-state index contributed by atoms with van der Waals surface area (Å²) in [6, 6.07) is 28.0. The number of anilines is 2. The number of rotatable bonds is 16. The van der Waals surface area contributed by atoms with Gasteiger partial charge in [0.05, 0.1) is 48.0 Å². The number of thiazole rings is 1. The van der Waals surface area contributed by atoms with Crippen molar-refractivity contribution in [3.63, 3.8) is 0 Å². The molecule has 0 aliphatic carbocycles. The number of hydrogen-bond donors (Lipinski definition) is 0. The van der Waals surface area contributed by atoms with Crippen molar-refractivity contribution in [3.05, 3.63) is 108 Å². The number of aryl methyl sites for hydroxylation is 1. The number of ether oxygens (including phenoxy) is 4.